The highest BCUT2D eigenvalue weighted by atomic mass is 79.9. The molecular formula is C28H19BrN2O5S. The van der Waals surface area contributed by atoms with Gasteiger partial charge in [-0.3, -0.25) is 14.5 Å². The highest BCUT2D eigenvalue weighted by molar-refractivity contribution is 9.10. The number of anilines is 1. The van der Waals surface area contributed by atoms with Crippen molar-refractivity contribution in [3.8, 4) is 11.5 Å². The Hall–Kier alpha value is -3.95. The Kier molecular flexibility index (Phi) is 6.02. The first kappa shape index (κ1) is 23.4. The summed E-state index contributed by atoms with van der Waals surface area (Å²) in [4.78, 5) is 33.3. The second-order valence-corrected chi connectivity index (χ2v) is 10.2. The number of methoxy groups -OCH3 is 1. The van der Waals surface area contributed by atoms with Crippen LogP contribution in [0.15, 0.2) is 92.0 Å². The Morgan fingerprint density at radius 2 is 1.89 bits per heavy atom. The van der Waals surface area contributed by atoms with Gasteiger partial charge in [0.15, 0.2) is 22.1 Å². The van der Waals surface area contributed by atoms with E-state index in [1.165, 1.54) is 16.2 Å². The SMILES string of the molecule is COc1cc(C2c3c(oc4ccc(Br)cc4c3=O)C(=O)N2c2nccs2)ccc1OCc1ccccc1. The molecule has 3 aromatic carbocycles. The van der Waals surface area contributed by atoms with Crippen LogP contribution in [0.3, 0.4) is 0 Å². The first-order valence-corrected chi connectivity index (χ1v) is 13.1. The second kappa shape index (κ2) is 9.49. The fourth-order valence-corrected chi connectivity index (χ4v) is 5.53. The number of carbonyl (C=O) groups is 1. The number of carbonyl (C=O) groups excluding carboxylic acids is 1. The minimum absolute atomic E-state index is 0.0170. The fourth-order valence-electron chi connectivity index (χ4n) is 4.50. The van der Waals surface area contributed by atoms with Gasteiger partial charge in [0.05, 0.1) is 24.1 Å². The minimum Gasteiger partial charge on any atom is -0.493 e. The summed E-state index contributed by atoms with van der Waals surface area (Å²) in [6.07, 6.45) is 1.62. The molecule has 37 heavy (non-hydrogen) atoms. The second-order valence-electron chi connectivity index (χ2n) is 8.39. The van der Waals surface area contributed by atoms with E-state index in [2.05, 4.69) is 20.9 Å². The normalized spacial score (nSPS) is 14.7. The van der Waals surface area contributed by atoms with Crippen molar-refractivity contribution in [2.45, 2.75) is 12.6 Å². The number of halogens is 1. The number of nitrogens with zero attached hydrogens (tertiary/aromatic N) is 2. The zero-order valence-corrected chi connectivity index (χ0v) is 21.9. The van der Waals surface area contributed by atoms with Crippen LogP contribution in [0.25, 0.3) is 11.0 Å². The van der Waals surface area contributed by atoms with Gasteiger partial charge in [-0.25, -0.2) is 4.98 Å². The Labute approximate surface area is 224 Å². The summed E-state index contributed by atoms with van der Waals surface area (Å²) in [5.41, 5.74) is 2.05. The molecule has 6 rings (SSSR count). The maximum Gasteiger partial charge on any atom is 0.297 e. The summed E-state index contributed by atoms with van der Waals surface area (Å²) < 4.78 is 18.4. The van der Waals surface area contributed by atoms with Crippen molar-refractivity contribution in [3.05, 3.63) is 115 Å². The van der Waals surface area contributed by atoms with Gasteiger partial charge in [0.25, 0.3) is 5.91 Å². The first-order chi connectivity index (χ1) is 18.0. The summed E-state index contributed by atoms with van der Waals surface area (Å²) in [6.45, 7) is 0.372. The van der Waals surface area contributed by atoms with Crippen molar-refractivity contribution in [1.82, 2.24) is 4.98 Å². The molecule has 1 unspecified atom stereocenters. The van der Waals surface area contributed by atoms with Gasteiger partial charge in [0.2, 0.25) is 5.76 Å². The van der Waals surface area contributed by atoms with E-state index in [1.54, 1.807) is 49.0 Å². The molecule has 0 fully saturated rings. The molecule has 3 heterocycles. The van der Waals surface area contributed by atoms with E-state index >= 15 is 0 Å². The molecule has 1 atom stereocenters. The van der Waals surface area contributed by atoms with Gasteiger partial charge in [-0.2, -0.15) is 0 Å². The smallest absolute Gasteiger partial charge is 0.297 e. The van der Waals surface area contributed by atoms with Crippen molar-refractivity contribution in [2.75, 3.05) is 12.0 Å². The predicted molar refractivity (Wildman–Crippen MR) is 145 cm³/mol. The summed E-state index contributed by atoms with van der Waals surface area (Å²) in [6, 6.07) is 19.6. The number of benzene rings is 3. The zero-order chi connectivity index (χ0) is 25.5. The van der Waals surface area contributed by atoms with Crippen LogP contribution in [0.1, 0.15) is 33.3 Å². The molecule has 0 spiro atoms. The molecule has 0 radical (unpaired) electrons. The predicted octanol–water partition coefficient (Wildman–Crippen LogP) is 6.35. The molecule has 0 N–H and O–H groups in total. The fraction of sp³-hybridized carbons (Fsp3) is 0.107. The monoisotopic (exact) mass is 574 g/mol. The Balaban J connectivity index is 1.48. The van der Waals surface area contributed by atoms with Crippen molar-refractivity contribution in [3.63, 3.8) is 0 Å². The van der Waals surface area contributed by atoms with E-state index in [-0.39, 0.29) is 16.8 Å². The highest BCUT2D eigenvalue weighted by Gasteiger charge is 2.45. The molecule has 0 saturated heterocycles. The van der Waals surface area contributed by atoms with Crippen molar-refractivity contribution < 1.29 is 18.7 Å². The van der Waals surface area contributed by atoms with E-state index in [9.17, 15) is 9.59 Å². The summed E-state index contributed by atoms with van der Waals surface area (Å²) in [7, 11) is 1.56. The van der Waals surface area contributed by atoms with Gasteiger partial charge in [-0.05, 0) is 41.5 Å². The molecule has 184 valence electrons. The third kappa shape index (κ3) is 4.10. The zero-order valence-electron chi connectivity index (χ0n) is 19.5. The van der Waals surface area contributed by atoms with Crippen molar-refractivity contribution in [1.29, 1.82) is 0 Å². The Morgan fingerprint density at radius 1 is 1.05 bits per heavy atom. The molecule has 0 bridgehead atoms. The van der Waals surface area contributed by atoms with Crippen LogP contribution in [0.4, 0.5) is 5.13 Å². The molecule has 5 aromatic rings. The highest BCUT2D eigenvalue weighted by Crippen LogP contribution is 2.44. The van der Waals surface area contributed by atoms with E-state index < -0.39 is 11.9 Å². The molecule has 1 aliphatic rings. The lowest BCUT2D eigenvalue weighted by Gasteiger charge is -2.23. The summed E-state index contributed by atoms with van der Waals surface area (Å²) in [5, 5.41) is 2.64. The number of fused-ring (bicyclic) bond motifs is 2. The third-order valence-electron chi connectivity index (χ3n) is 6.20. The first-order valence-electron chi connectivity index (χ1n) is 11.4. The number of hydrogen-bond donors (Lipinski definition) is 0. The van der Waals surface area contributed by atoms with Gasteiger partial charge < -0.3 is 13.9 Å². The lowest BCUT2D eigenvalue weighted by atomic mass is 9.98. The van der Waals surface area contributed by atoms with Crippen LogP contribution in [0.5, 0.6) is 11.5 Å². The largest absolute Gasteiger partial charge is 0.493 e. The lowest BCUT2D eigenvalue weighted by molar-refractivity contribution is 0.0971. The molecular weight excluding hydrogens is 556 g/mol. The van der Waals surface area contributed by atoms with Gasteiger partial charge >= 0.3 is 0 Å². The van der Waals surface area contributed by atoms with Crippen LogP contribution in [0.2, 0.25) is 0 Å². The Morgan fingerprint density at radius 3 is 2.65 bits per heavy atom. The maximum absolute atomic E-state index is 13.8. The molecule has 7 nitrogen and oxygen atoms in total. The number of amides is 1. The van der Waals surface area contributed by atoms with E-state index in [1.807, 2.05) is 36.4 Å². The number of hydrogen-bond acceptors (Lipinski definition) is 7. The number of rotatable bonds is 6. The summed E-state index contributed by atoms with van der Waals surface area (Å²) in [5.74, 6) is 0.639. The quantitative estimate of drug-likeness (QED) is 0.235. The standard InChI is InChI=1S/C28H19BrN2O5S/c1-34-22-13-17(7-9-21(22)35-15-16-5-3-2-4-6-16)24-23-25(32)19-14-18(29)8-10-20(19)36-26(23)27(33)31(24)28-30-11-12-37-28/h2-14,24H,15H2,1H3. The van der Waals surface area contributed by atoms with Crippen LogP contribution < -0.4 is 19.8 Å². The van der Waals surface area contributed by atoms with E-state index in [0.29, 0.717) is 39.8 Å². The molecule has 9 heteroatoms. The van der Waals surface area contributed by atoms with Crippen LogP contribution in [-0.2, 0) is 6.61 Å². The van der Waals surface area contributed by atoms with Crippen LogP contribution in [-0.4, -0.2) is 18.0 Å². The maximum atomic E-state index is 13.8. The molecule has 1 aliphatic heterocycles. The van der Waals surface area contributed by atoms with E-state index in [0.717, 1.165) is 10.0 Å². The third-order valence-corrected chi connectivity index (χ3v) is 7.46. The van der Waals surface area contributed by atoms with Gasteiger partial charge in [-0.15, -0.1) is 11.3 Å². The van der Waals surface area contributed by atoms with E-state index in [4.69, 9.17) is 13.9 Å². The molecule has 0 aliphatic carbocycles. The number of ether oxygens (including phenoxy) is 2. The average Bonchev–Trinajstić information content (AvgIpc) is 3.55. The Bertz CT molecular complexity index is 1680. The van der Waals surface area contributed by atoms with Crippen molar-refractivity contribution in [2.24, 2.45) is 0 Å². The van der Waals surface area contributed by atoms with Crippen LogP contribution >= 0.6 is 27.3 Å². The molecule has 1 amide bonds. The van der Waals surface area contributed by atoms with Gasteiger partial charge in [0.1, 0.15) is 12.2 Å². The average molecular weight is 575 g/mol. The van der Waals surface area contributed by atoms with Crippen molar-refractivity contribution >= 4 is 49.3 Å². The molecule has 2 aromatic heterocycles. The number of aromatic nitrogens is 1. The topological polar surface area (TPSA) is 81.9 Å². The number of thiazole rings is 1. The minimum atomic E-state index is -0.745. The van der Waals surface area contributed by atoms with Gasteiger partial charge in [-0.1, -0.05) is 52.3 Å². The summed E-state index contributed by atoms with van der Waals surface area (Å²) >= 11 is 4.74. The van der Waals surface area contributed by atoms with Gasteiger partial charge in [0, 0.05) is 16.0 Å². The van der Waals surface area contributed by atoms with Crippen LogP contribution in [0, 0.1) is 0 Å². The molecule has 0 saturated carbocycles. The lowest BCUT2D eigenvalue weighted by Crippen LogP contribution is -2.29.